The molecule has 1 heterocycles. The Hall–Kier alpha value is -2.43. The molecule has 0 unspecified atom stereocenters. The van der Waals surface area contributed by atoms with Crippen molar-refractivity contribution in [2.75, 3.05) is 18.4 Å². The molecule has 1 aliphatic rings. The molecule has 0 aliphatic carbocycles. The fraction of sp³-hybridized carbons (Fsp3) is 0.231. The van der Waals surface area contributed by atoms with Crippen LogP contribution in [0.25, 0.3) is 0 Å². The van der Waals surface area contributed by atoms with Crippen LogP contribution in [-0.4, -0.2) is 37.6 Å². The van der Waals surface area contributed by atoms with Crippen molar-refractivity contribution in [2.45, 2.75) is 24.3 Å². The third kappa shape index (κ3) is 6.72. The zero-order chi connectivity index (χ0) is 26.6. The lowest BCUT2D eigenvalue weighted by Crippen LogP contribution is -2.41. The van der Waals surface area contributed by atoms with Crippen LogP contribution in [0.15, 0.2) is 76.1 Å². The number of halogens is 3. The molecular formula is C26H24BrCl2N3O4S. The van der Waals surface area contributed by atoms with Gasteiger partial charge in [-0.15, -0.1) is 0 Å². The van der Waals surface area contributed by atoms with Gasteiger partial charge in [0, 0.05) is 41.3 Å². The molecule has 2 N–H and O–H groups in total. The van der Waals surface area contributed by atoms with Crippen LogP contribution in [-0.2, 0) is 21.4 Å². The summed E-state index contributed by atoms with van der Waals surface area (Å²) in [5.74, 6) is -0.655. The summed E-state index contributed by atoms with van der Waals surface area (Å²) in [7, 11) is -3.86. The number of nitrogens with zero attached hydrogens (tertiary/aromatic N) is 1. The Morgan fingerprint density at radius 1 is 0.919 bits per heavy atom. The van der Waals surface area contributed by atoms with Gasteiger partial charge in [-0.2, -0.15) is 4.31 Å². The van der Waals surface area contributed by atoms with E-state index in [-0.39, 0.29) is 45.8 Å². The van der Waals surface area contributed by atoms with Crippen LogP contribution < -0.4 is 10.6 Å². The van der Waals surface area contributed by atoms with Gasteiger partial charge in [0.25, 0.3) is 5.91 Å². The minimum atomic E-state index is -3.86. The molecule has 0 aromatic heterocycles. The van der Waals surface area contributed by atoms with Gasteiger partial charge in [-0.1, -0.05) is 57.3 Å². The zero-order valence-corrected chi connectivity index (χ0v) is 23.5. The van der Waals surface area contributed by atoms with E-state index in [9.17, 15) is 18.0 Å². The summed E-state index contributed by atoms with van der Waals surface area (Å²) in [6.45, 7) is 0.740. The molecule has 0 bridgehead atoms. The lowest BCUT2D eigenvalue weighted by Gasteiger charge is -2.31. The van der Waals surface area contributed by atoms with Crippen LogP contribution in [0, 0.1) is 5.92 Å². The Labute approximate surface area is 234 Å². The molecule has 3 aromatic carbocycles. The largest absolute Gasteiger partial charge is 0.348 e. The number of hydrogen-bond donors (Lipinski definition) is 2. The van der Waals surface area contributed by atoms with Crippen LogP contribution in [0.1, 0.15) is 28.8 Å². The molecule has 11 heteroatoms. The van der Waals surface area contributed by atoms with Gasteiger partial charge in [0.05, 0.1) is 10.0 Å². The molecule has 194 valence electrons. The SMILES string of the molecule is O=C(NCc1ccc(NC(=O)C2CCN(S(=O)(=O)c3c(Cl)cccc3Cl)CC2)cc1)c1ccc(Br)cc1. The van der Waals surface area contributed by atoms with Gasteiger partial charge in [-0.3, -0.25) is 9.59 Å². The Morgan fingerprint density at radius 3 is 2.11 bits per heavy atom. The number of amides is 2. The maximum Gasteiger partial charge on any atom is 0.251 e. The van der Waals surface area contributed by atoms with Gasteiger partial charge >= 0.3 is 0 Å². The normalized spacial score (nSPS) is 14.8. The van der Waals surface area contributed by atoms with Crippen LogP contribution in [0.3, 0.4) is 0 Å². The molecule has 0 saturated carbocycles. The third-order valence-corrected chi connectivity index (χ3v) is 9.51. The summed E-state index contributed by atoms with van der Waals surface area (Å²) in [6.07, 6.45) is 0.764. The quantitative estimate of drug-likeness (QED) is 0.351. The number of sulfonamides is 1. The second kappa shape index (κ2) is 12.0. The van der Waals surface area contributed by atoms with E-state index in [4.69, 9.17) is 23.2 Å². The first-order valence-electron chi connectivity index (χ1n) is 11.5. The first kappa shape index (κ1) is 27.6. The van der Waals surface area contributed by atoms with E-state index >= 15 is 0 Å². The standard InChI is InChI=1S/C26H24BrCl2N3O4S/c27-20-8-6-18(7-9-20)25(33)30-16-17-4-10-21(11-5-17)31-26(34)19-12-14-32(15-13-19)37(35,36)24-22(28)2-1-3-23(24)29/h1-11,19H,12-16H2,(H,30,33)(H,31,34). The lowest BCUT2D eigenvalue weighted by atomic mass is 9.97. The summed E-state index contributed by atoms with van der Waals surface area (Å²) >= 11 is 15.6. The van der Waals surface area contributed by atoms with Crippen molar-refractivity contribution < 1.29 is 18.0 Å². The summed E-state index contributed by atoms with van der Waals surface area (Å²) in [5.41, 5.74) is 2.09. The average Bonchev–Trinajstić information content (AvgIpc) is 2.88. The minimum absolute atomic E-state index is 0.0729. The molecule has 0 spiro atoms. The van der Waals surface area contributed by atoms with E-state index in [1.165, 1.54) is 16.4 Å². The predicted molar refractivity (Wildman–Crippen MR) is 148 cm³/mol. The molecule has 7 nitrogen and oxygen atoms in total. The monoisotopic (exact) mass is 623 g/mol. The van der Waals surface area contributed by atoms with Gasteiger partial charge in [-0.05, 0) is 66.9 Å². The number of rotatable bonds is 7. The first-order chi connectivity index (χ1) is 17.6. The van der Waals surface area contributed by atoms with Gasteiger partial charge in [0.2, 0.25) is 15.9 Å². The van der Waals surface area contributed by atoms with Crippen molar-refractivity contribution in [1.82, 2.24) is 9.62 Å². The second-order valence-electron chi connectivity index (χ2n) is 8.60. The molecule has 1 saturated heterocycles. The van der Waals surface area contributed by atoms with Crippen molar-refractivity contribution in [3.63, 3.8) is 0 Å². The Balaban J connectivity index is 1.28. The topological polar surface area (TPSA) is 95.6 Å². The van der Waals surface area contributed by atoms with E-state index in [1.54, 1.807) is 30.3 Å². The molecule has 0 radical (unpaired) electrons. The lowest BCUT2D eigenvalue weighted by molar-refractivity contribution is -0.120. The zero-order valence-electron chi connectivity index (χ0n) is 19.6. The first-order valence-corrected chi connectivity index (χ1v) is 14.5. The number of piperidine rings is 1. The van der Waals surface area contributed by atoms with E-state index in [2.05, 4.69) is 26.6 Å². The number of benzene rings is 3. The number of hydrogen-bond acceptors (Lipinski definition) is 4. The van der Waals surface area contributed by atoms with Gasteiger partial charge in [0.1, 0.15) is 4.90 Å². The third-order valence-electron chi connectivity index (χ3n) is 6.12. The number of carbonyl (C=O) groups is 2. The average molecular weight is 625 g/mol. The molecular weight excluding hydrogens is 601 g/mol. The van der Waals surface area contributed by atoms with E-state index in [1.807, 2.05) is 24.3 Å². The molecule has 2 amide bonds. The van der Waals surface area contributed by atoms with Crippen molar-refractivity contribution in [3.8, 4) is 0 Å². The van der Waals surface area contributed by atoms with Crippen LogP contribution in [0.4, 0.5) is 5.69 Å². The number of carbonyl (C=O) groups excluding carboxylic acids is 2. The van der Waals surface area contributed by atoms with Crippen LogP contribution in [0.5, 0.6) is 0 Å². The summed E-state index contributed by atoms with van der Waals surface area (Å²) in [5, 5.41) is 5.91. The van der Waals surface area contributed by atoms with E-state index in [0.29, 0.717) is 30.6 Å². The van der Waals surface area contributed by atoms with Crippen LogP contribution in [0.2, 0.25) is 10.0 Å². The highest BCUT2D eigenvalue weighted by Crippen LogP contribution is 2.33. The smallest absolute Gasteiger partial charge is 0.251 e. The minimum Gasteiger partial charge on any atom is -0.348 e. The fourth-order valence-corrected chi connectivity index (χ4v) is 6.88. The second-order valence-corrected chi connectivity index (χ2v) is 12.2. The molecule has 4 rings (SSSR count). The molecule has 3 aromatic rings. The Bertz CT molecular complexity index is 1370. The van der Waals surface area contributed by atoms with Gasteiger partial charge < -0.3 is 10.6 Å². The van der Waals surface area contributed by atoms with Crippen molar-refractivity contribution in [1.29, 1.82) is 0 Å². The van der Waals surface area contributed by atoms with Crippen LogP contribution >= 0.6 is 39.1 Å². The summed E-state index contributed by atoms with van der Waals surface area (Å²) < 4.78 is 28.3. The highest BCUT2D eigenvalue weighted by atomic mass is 79.9. The van der Waals surface area contributed by atoms with Crippen molar-refractivity contribution in [2.24, 2.45) is 5.92 Å². The maximum atomic E-state index is 13.0. The summed E-state index contributed by atoms with van der Waals surface area (Å²) in [6, 6.07) is 18.9. The highest BCUT2D eigenvalue weighted by Gasteiger charge is 2.34. The van der Waals surface area contributed by atoms with Crippen molar-refractivity contribution in [3.05, 3.63) is 92.4 Å². The number of anilines is 1. The van der Waals surface area contributed by atoms with E-state index in [0.717, 1.165) is 10.0 Å². The summed E-state index contributed by atoms with van der Waals surface area (Å²) in [4.78, 5) is 25.0. The maximum absolute atomic E-state index is 13.0. The fourth-order valence-electron chi connectivity index (χ4n) is 4.05. The van der Waals surface area contributed by atoms with Gasteiger partial charge in [0.15, 0.2) is 0 Å². The van der Waals surface area contributed by atoms with Gasteiger partial charge in [-0.25, -0.2) is 8.42 Å². The predicted octanol–water partition coefficient (Wildman–Crippen LogP) is 5.73. The number of nitrogens with one attached hydrogen (secondary N) is 2. The van der Waals surface area contributed by atoms with E-state index < -0.39 is 10.0 Å². The Kier molecular flexibility index (Phi) is 8.92. The van der Waals surface area contributed by atoms with Crippen molar-refractivity contribution >= 4 is 66.7 Å². The molecule has 1 fully saturated rings. The molecule has 0 atom stereocenters. The molecule has 37 heavy (non-hydrogen) atoms. The Morgan fingerprint density at radius 2 is 1.51 bits per heavy atom. The highest BCUT2D eigenvalue weighted by molar-refractivity contribution is 9.10. The molecule has 1 aliphatic heterocycles.